The van der Waals surface area contributed by atoms with Gasteiger partial charge in [-0.2, -0.15) is 0 Å². The van der Waals surface area contributed by atoms with E-state index in [9.17, 15) is 8.96 Å². The molecule has 0 aromatic heterocycles. The van der Waals surface area contributed by atoms with Crippen molar-refractivity contribution in [2.24, 2.45) is 11.5 Å². The summed E-state index contributed by atoms with van der Waals surface area (Å²) >= 11 is 0. The highest BCUT2D eigenvalue weighted by atomic mass is 31.2. The van der Waals surface area contributed by atoms with Crippen LogP contribution in [0.4, 0.5) is 4.39 Å². The maximum atomic E-state index is 11.4. The van der Waals surface area contributed by atoms with Gasteiger partial charge in [0.15, 0.2) is 0 Å². The molecule has 24 heavy (non-hydrogen) atoms. The molecule has 9 heteroatoms. The number of aliphatic hydroxyl groups is 1. The molecular weight excluding hydrogens is 338 g/mol. The molecular formula is C15H34FN2O5P. The first-order valence-corrected chi connectivity index (χ1v) is 10.2. The van der Waals surface area contributed by atoms with Crippen molar-refractivity contribution in [3.05, 3.63) is 0 Å². The van der Waals surface area contributed by atoms with E-state index in [2.05, 4.69) is 4.52 Å². The van der Waals surface area contributed by atoms with Crippen LogP contribution in [0.15, 0.2) is 0 Å². The van der Waals surface area contributed by atoms with Gasteiger partial charge in [0, 0.05) is 12.1 Å². The van der Waals surface area contributed by atoms with Gasteiger partial charge in [0.05, 0.1) is 6.61 Å². The molecule has 2 fully saturated rings. The minimum atomic E-state index is -4.56. The number of halogens is 1. The van der Waals surface area contributed by atoms with E-state index in [0.29, 0.717) is 12.1 Å². The molecule has 1 atom stereocenters. The molecule has 7 N–H and O–H groups in total. The van der Waals surface area contributed by atoms with Crippen molar-refractivity contribution in [1.82, 2.24) is 0 Å². The Bertz CT molecular complexity index is 318. The third-order valence-electron chi connectivity index (χ3n) is 3.91. The predicted molar refractivity (Wildman–Crippen MR) is 92.1 cm³/mol. The monoisotopic (exact) mass is 372 g/mol. The van der Waals surface area contributed by atoms with Crippen molar-refractivity contribution in [2.75, 3.05) is 13.3 Å². The first-order chi connectivity index (χ1) is 11.2. The van der Waals surface area contributed by atoms with Crippen LogP contribution in [0.2, 0.25) is 0 Å². The lowest BCUT2D eigenvalue weighted by Crippen LogP contribution is -2.22. The molecule has 0 aliphatic heterocycles. The van der Waals surface area contributed by atoms with E-state index in [-0.39, 0.29) is 0 Å². The van der Waals surface area contributed by atoms with Crippen molar-refractivity contribution < 1.29 is 28.4 Å². The fraction of sp³-hybridized carbons (Fsp3) is 1.00. The standard InChI is InChI=1S/2C6H13N.C3H8FO5P/c2*7-6-4-2-1-3-5-6;4-1-3(5)2-9-10(6,7)8/h2*6H,1-5,7H2;3,5H,1-2H2,(H2,6,7,8)/t;;3-/m..0/s1. The Balaban J connectivity index is 0.000000337. The maximum Gasteiger partial charge on any atom is 0.469 e. The summed E-state index contributed by atoms with van der Waals surface area (Å²) in [5, 5.41) is 8.38. The lowest BCUT2D eigenvalue weighted by molar-refractivity contribution is 0.0671. The van der Waals surface area contributed by atoms with Gasteiger partial charge in [0.1, 0.15) is 12.8 Å². The second-order valence-electron chi connectivity index (χ2n) is 6.39. The number of phosphoric acid groups is 1. The largest absolute Gasteiger partial charge is 0.469 e. The van der Waals surface area contributed by atoms with Crippen LogP contribution in [-0.4, -0.2) is 46.4 Å². The number of aliphatic hydroxyl groups excluding tert-OH is 1. The van der Waals surface area contributed by atoms with Crippen LogP contribution >= 0.6 is 7.82 Å². The first kappa shape index (κ1) is 23.9. The van der Waals surface area contributed by atoms with Gasteiger partial charge in [0.25, 0.3) is 0 Å². The Morgan fingerprint density at radius 2 is 1.33 bits per heavy atom. The Labute approximate surface area is 144 Å². The van der Waals surface area contributed by atoms with Crippen molar-refractivity contribution in [2.45, 2.75) is 82.4 Å². The molecule has 2 aliphatic carbocycles. The van der Waals surface area contributed by atoms with Gasteiger partial charge in [-0.1, -0.05) is 38.5 Å². The third kappa shape index (κ3) is 16.8. The highest BCUT2D eigenvalue weighted by Gasteiger charge is 2.16. The molecule has 2 rings (SSSR count). The van der Waals surface area contributed by atoms with Crippen LogP contribution in [0.25, 0.3) is 0 Å². The zero-order valence-electron chi connectivity index (χ0n) is 14.4. The molecule has 0 heterocycles. The Morgan fingerprint density at radius 3 is 1.54 bits per heavy atom. The highest BCUT2D eigenvalue weighted by Crippen LogP contribution is 2.35. The molecule has 0 amide bonds. The molecule has 0 unspecified atom stereocenters. The van der Waals surface area contributed by atoms with E-state index in [1.165, 1.54) is 64.2 Å². The predicted octanol–water partition coefficient (Wildman–Crippen LogP) is 1.98. The zero-order chi connectivity index (χ0) is 18.4. The molecule has 2 aliphatic rings. The summed E-state index contributed by atoms with van der Waals surface area (Å²) < 4.78 is 25.0. The van der Waals surface area contributed by atoms with Crippen molar-refractivity contribution in [3.63, 3.8) is 0 Å². The van der Waals surface area contributed by atoms with Crippen LogP contribution in [0, 0.1) is 0 Å². The first-order valence-electron chi connectivity index (χ1n) is 8.70. The molecule has 0 aromatic carbocycles. The van der Waals surface area contributed by atoms with E-state index in [1.54, 1.807) is 0 Å². The van der Waals surface area contributed by atoms with Gasteiger partial charge in [0.2, 0.25) is 0 Å². The average Bonchev–Trinajstić information content (AvgIpc) is 2.54. The van der Waals surface area contributed by atoms with E-state index in [1.807, 2.05) is 0 Å². The molecule has 146 valence electrons. The second-order valence-corrected chi connectivity index (χ2v) is 7.63. The van der Waals surface area contributed by atoms with E-state index >= 15 is 0 Å². The number of hydrogen-bond donors (Lipinski definition) is 5. The maximum absolute atomic E-state index is 11.4. The van der Waals surface area contributed by atoms with Crippen molar-refractivity contribution in [3.8, 4) is 0 Å². The zero-order valence-corrected chi connectivity index (χ0v) is 15.2. The second kappa shape index (κ2) is 14.1. The average molecular weight is 372 g/mol. The SMILES string of the molecule is NC1CCCCC1.NC1CCCCC1.O=P(O)(O)OC[C@@H](O)CF. The Kier molecular flexibility index (Phi) is 14.1. The summed E-state index contributed by atoms with van der Waals surface area (Å²) in [5.74, 6) is 0. The van der Waals surface area contributed by atoms with Gasteiger partial charge in [-0.05, 0) is 25.7 Å². The fourth-order valence-corrected chi connectivity index (χ4v) is 2.86. The Morgan fingerprint density at radius 1 is 0.958 bits per heavy atom. The fourth-order valence-electron chi connectivity index (χ4n) is 2.50. The smallest absolute Gasteiger partial charge is 0.388 e. The third-order valence-corrected chi connectivity index (χ3v) is 4.40. The molecule has 0 aromatic rings. The van der Waals surface area contributed by atoms with Gasteiger partial charge in [-0.25, -0.2) is 8.96 Å². The summed E-state index contributed by atoms with van der Waals surface area (Å²) in [6.07, 6.45) is 11.9. The van der Waals surface area contributed by atoms with Crippen LogP contribution in [0.1, 0.15) is 64.2 Å². The molecule has 2 saturated carbocycles. The molecule has 0 saturated heterocycles. The van der Waals surface area contributed by atoms with Gasteiger partial charge < -0.3 is 26.4 Å². The van der Waals surface area contributed by atoms with E-state index < -0.39 is 27.2 Å². The van der Waals surface area contributed by atoms with Gasteiger partial charge in [-0.15, -0.1) is 0 Å². The van der Waals surface area contributed by atoms with Crippen LogP contribution in [0.5, 0.6) is 0 Å². The number of rotatable bonds is 4. The highest BCUT2D eigenvalue weighted by molar-refractivity contribution is 7.46. The van der Waals surface area contributed by atoms with E-state index in [0.717, 1.165) is 0 Å². The topological polar surface area (TPSA) is 139 Å². The van der Waals surface area contributed by atoms with Crippen molar-refractivity contribution >= 4 is 7.82 Å². The van der Waals surface area contributed by atoms with Gasteiger partial charge >= 0.3 is 7.82 Å². The van der Waals surface area contributed by atoms with Crippen molar-refractivity contribution in [1.29, 1.82) is 0 Å². The molecule has 0 bridgehead atoms. The molecule has 0 spiro atoms. The van der Waals surface area contributed by atoms with Gasteiger partial charge in [-0.3, -0.25) is 4.52 Å². The van der Waals surface area contributed by atoms with Crippen LogP contribution in [0.3, 0.4) is 0 Å². The Hall–Kier alpha value is -0.0800. The molecule has 7 nitrogen and oxygen atoms in total. The number of nitrogens with two attached hydrogens (primary N) is 2. The lowest BCUT2D eigenvalue weighted by Gasteiger charge is -2.15. The summed E-state index contributed by atoms with van der Waals surface area (Å²) in [5.41, 5.74) is 11.3. The van der Waals surface area contributed by atoms with E-state index in [4.69, 9.17) is 26.4 Å². The molecule has 0 radical (unpaired) electrons. The summed E-state index contributed by atoms with van der Waals surface area (Å²) in [4.78, 5) is 16.0. The lowest BCUT2D eigenvalue weighted by atomic mass is 9.97. The summed E-state index contributed by atoms with van der Waals surface area (Å²) in [7, 11) is -4.56. The normalized spacial score (nSPS) is 21.1. The summed E-state index contributed by atoms with van der Waals surface area (Å²) in [6, 6.07) is 1.07. The number of phosphoric ester groups is 1. The number of hydrogen-bond acceptors (Lipinski definition) is 5. The quantitative estimate of drug-likeness (QED) is 0.475. The van der Waals surface area contributed by atoms with Crippen LogP contribution < -0.4 is 11.5 Å². The number of alkyl halides is 1. The minimum Gasteiger partial charge on any atom is -0.388 e. The summed E-state index contributed by atoms with van der Waals surface area (Å²) in [6.45, 7) is -1.78. The van der Waals surface area contributed by atoms with Crippen LogP contribution in [-0.2, 0) is 9.09 Å². The minimum absolute atomic E-state index is 0.536.